The van der Waals surface area contributed by atoms with Crippen molar-refractivity contribution in [3.63, 3.8) is 0 Å². The maximum absolute atomic E-state index is 12.6. The number of benzene rings is 2. The zero-order valence-corrected chi connectivity index (χ0v) is 15.4. The summed E-state index contributed by atoms with van der Waals surface area (Å²) in [6.07, 6.45) is 1.56. The van der Waals surface area contributed by atoms with Crippen LogP contribution in [0.5, 0.6) is 11.5 Å². The van der Waals surface area contributed by atoms with E-state index in [4.69, 9.17) is 4.74 Å². The summed E-state index contributed by atoms with van der Waals surface area (Å²) >= 11 is 0. The van der Waals surface area contributed by atoms with Gasteiger partial charge in [0.25, 0.3) is 5.69 Å². The number of ether oxygens (including phenoxy) is 1. The van der Waals surface area contributed by atoms with Crippen molar-refractivity contribution in [2.45, 2.75) is 17.7 Å². The Balaban J connectivity index is 1.95. The van der Waals surface area contributed by atoms with E-state index in [0.29, 0.717) is 18.8 Å². The van der Waals surface area contributed by atoms with Crippen LogP contribution in [0.3, 0.4) is 0 Å². The summed E-state index contributed by atoms with van der Waals surface area (Å²) in [4.78, 5) is 10.7. The average Bonchev–Trinajstić information content (AvgIpc) is 3.17. The SMILES string of the molecule is COc1ccc(Nc2ccc(S(=O)(=O)N3CCCC3)cc2[N+](=O)[O-])cc1O. The third kappa shape index (κ3) is 3.81. The second-order valence-electron chi connectivity index (χ2n) is 6.06. The Bertz CT molecular complexity index is 971. The first kappa shape index (κ1) is 18.9. The number of sulfonamides is 1. The number of hydrogen-bond acceptors (Lipinski definition) is 7. The Kier molecular flexibility index (Phi) is 5.19. The van der Waals surface area contributed by atoms with Crippen molar-refractivity contribution in [3.05, 3.63) is 46.5 Å². The van der Waals surface area contributed by atoms with Gasteiger partial charge in [0.05, 0.1) is 16.9 Å². The van der Waals surface area contributed by atoms with Crippen molar-refractivity contribution in [3.8, 4) is 11.5 Å². The van der Waals surface area contributed by atoms with Gasteiger partial charge in [-0.15, -0.1) is 0 Å². The highest BCUT2D eigenvalue weighted by Gasteiger charge is 2.29. The Morgan fingerprint density at radius 3 is 2.48 bits per heavy atom. The van der Waals surface area contributed by atoms with Crippen molar-refractivity contribution in [2.75, 3.05) is 25.5 Å². The van der Waals surface area contributed by atoms with Crippen molar-refractivity contribution < 1.29 is 23.2 Å². The van der Waals surface area contributed by atoms with Gasteiger partial charge in [0.1, 0.15) is 5.69 Å². The number of hydrogen-bond donors (Lipinski definition) is 2. The molecule has 0 unspecified atom stereocenters. The first-order valence-electron chi connectivity index (χ1n) is 8.25. The number of anilines is 2. The number of nitro benzene ring substituents is 1. The molecule has 0 bridgehead atoms. The van der Waals surface area contributed by atoms with Crippen LogP contribution < -0.4 is 10.1 Å². The first-order chi connectivity index (χ1) is 12.8. The van der Waals surface area contributed by atoms with Gasteiger partial charge in [-0.25, -0.2) is 8.42 Å². The molecule has 1 aliphatic heterocycles. The zero-order valence-electron chi connectivity index (χ0n) is 14.6. The van der Waals surface area contributed by atoms with Crippen LogP contribution in [0.25, 0.3) is 0 Å². The first-order valence-corrected chi connectivity index (χ1v) is 9.69. The van der Waals surface area contributed by atoms with Crippen molar-refractivity contribution >= 4 is 27.1 Å². The third-order valence-corrected chi connectivity index (χ3v) is 6.22. The summed E-state index contributed by atoms with van der Waals surface area (Å²) in [7, 11) is -2.35. The molecule has 10 heteroatoms. The molecule has 0 radical (unpaired) electrons. The number of aromatic hydroxyl groups is 1. The van der Waals surface area contributed by atoms with Gasteiger partial charge in [0, 0.05) is 30.9 Å². The Hall–Kier alpha value is -2.85. The highest BCUT2D eigenvalue weighted by molar-refractivity contribution is 7.89. The summed E-state index contributed by atoms with van der Waals surface area (Å²) in [6, 6.07) is 8.19. The molecule has 2 aromatic carbocycles. The normalized spacial score (nSPS) is 14.9. The number of nitrogens with one attached hydrogen (secondary N) is 1. The van der Waals surface area contributed by atoms with E-state index >= 15 is 0 Å². The lowest BCUT2D eigenvalue weighted by molar-refractivity contribution is -0.384. The van der Waals surface area contributed by atoms with E-state index in [9.17, 15) is 23.6 Å². The topological polar surface area (TPSA) is 122 Å². The summed E-state index contributed by atoms with van der Waals surface area (Å²) in [5.74, 6) is 0.139. The number of nitrogens with zero attached hydrogens (tertiary/aromatic N) is 2. The minimum atomic E-state index is -3.76. The molecule has 0 amide bonds. The van der Waals surface area contributed by atoms with Gasteiger partial charge < -0.3 is 15.2 Å². The Morgan fingerprint density at radius 1 is 1.19 bits per heavy atom. The van der Waals surface area contributed by atoms with Gasteiger partial charge in [-0.3, -0.25) is 10.1 Å². The quantitative estimate of drug-likeness (QED) is 0.571. The number of phenols is 1. The smallest absolute Gasteiger partial charge is 0.294 e. The second-order valence-corrected chi connectivity index (χ2v) is 8.00. The van der Waals surface area contributed by atoms with Gasteiger partial charge in [-0.05, 0) is 37.1 Å². The van der Waals surface area contributed by atoms with Gasteiger partial charge in [-0.2, -0.15) is 4.31 Å². The zero-order chi connectivity index (χ0) is 19.6. The van der Waals surface area contributed by atoms with Gasteiger partial charge in [0.2, 0.25) is 10.0 Å². The van der Waals surface area contributed by atoms with Crippen molar-refractivity contribution in [1.82, 2.24) is 4.31 Å². The highest BCUT2D eigenvalue weighted by Crippen LogP contribution is 2.34. The standard InChI is InChI=1S/C17H19N3O6S/c1-26-17-7-4-12(10-16(17)21)18-14-6-5-13(11-15(14)20(22)23)27(24,25)19-8-2-3-9-19/h4-7,10-11,18,21H,2-3,8-9H2,1H3. The minimum Gasteiger partial charge on any atom is -0.504 e. The van der Waals surface area contributed by atoms with E-state index in [1.807, 2.05) is 0 Å². The van der Waals surface area contributed by atoms with Gasteiger partial charge in [-0.1, -0.05) is 0 Å². The van der Waals surface area contributed by atoms with Crippen LogP contribution in [-0.2, 0) is 10.0 Å². The molecular formula is C17H19N3O6S. The molecule has 3 rings (SSSR count). The molecule has 0 aliphatic carbocycles. The van der Waals surface area contributed by atoms with E-state index in [-0.39, 0.29) is 27.8 Å². The number of methoxy groups -OCH3 is 1. The van der Waals surface area contributed by atoms with Crippen molar-refractivity contribution in [1.29, 1.82) is 0 Å². The summed E-state index contributed by atoms with van der Waals surface area (Å²) < 4.78 is 31.6. The van der Waals surface area contributed by atoms with E-state index in [2.05, 4.69) is 5.32 Å². The molecule has 1 aliphatic rings. The molecule has 1 fully saturated rings. The summed E-state index contributed by atoms with van der Waals surface area (Å²) in [5.41, 5.74) is 0.141. The maximum atomic E-state index is 12.6. The van der Waals surface area contributed by atoms with Crippen molar-refractivity contribution in [2.24, 2.45) is 0 Å². The fourth-order valence-corrected chi connectivity index (χ4v) is 4.47. The molecule has 1 saturated heterocycles. The van der Waals surface area contributed by atoms with Crippen LogP contribution >= 0.6 is 0 Å². The molecule has 0 aromatic heterocycles. The molecule has 2 N–H and O–H groups in total. The fourth-order valence-electron chi connectivity index (χ4n) is 2.93. The van der Waals surface area contributed by atoms with E-state index < -0.39 is 14.9 Å². The summed E-state index contributed by atoms with van der Waals surface area (Å²) in [5, 5.41) is 24.1. The van der Waals surface area contributed by atoms with Crippen LogP contribution in [0.2, 0.25) is 0 Å². The molecule has 1 heterocycles. The molecule has 9 nitrogen and oxygen atoms in total. The second kappa shape index (κ2) is 7.41. The minimum absolute atomic E-state index is 0.112. The van der Waals surface area contributed by atoms with Crippen LogP contribution in [0.15, 0.2) is 41.3 Å². The van der Waals surface area contributed by atoms with Crippen LogP contribution in [0.4, 0.5) is 17.1 Å². The van der Waals surface area contributed by atoms with Crippen LogP contribution in [0.1, 0.15) is 12.8 Å². The predicted molar refractivity (Wildman–Crippen MR) is 99.0 cm³/mol. The Morgan fingerprint density at radius 2 is 1.89 bits per heavy atom. The summed E-state index contributed by atoms with van der Waals surface area (Å²) in [6.45, 7) is 0.836. The van der Waals surface area contributed by atoms with Gasteiger partial charge >= 0.3 is 0 Å². The molecular weight excluding hydrogens is 374 g/mol. The molecule has 2 aromatic rings. The molecule has 0 atom stereocenters. The molecule has 144 valence electrons. The average molecular weight is 393 g/mol. The molecule has 0 saturated carbocycles. The Labute approximate surface area is 156 Å². The predicted octanol–water partition coefficient (Wildman–Crippen LogP) is 2.84. The third-order valence-electron chi connectivity index (χ3n) is 4.33. The highest BCUT2D eigenvalue weighted by atomic mass is 32.2. The monoisotopic (exact) mass is 393 g/mol. The van der Waals surface area contributed by atoms with Crippen LogP contribution in [-0.4, -0.2) is 43.0 Å². The lowest BCUT2D eigenvalue weighted by Crippen LogP contribution is -2.27. The molecule has 0 spiro atoms. The number of rotatable bonds is 6. The fraction of sp³-hybridized carbons (Fsp3) is 0.294. The van der Waals surface area contributed by atoms with E-state index in [1.54, 1.807) is 6.07 Å². The number of phenolic OH excluding ortho intramolecular Hbond substituents is 1. The number of nitro groups is 1. The van der Waals surface area contributed by atoms with Crippen LogP contribution in [0, 0.1) is 10.1 Å². The van der Waals surface area contributed by atoms with E-state index in [1.165, 1.54) is 35.7 Å². The lowest BCUT2D eigenvalue weighted by atomic mass is 10.2. The van der Waals surface area contributed by atoms with E-state index in [0.717, 1.165) is 18.9 Å². The largest absolute Gasteiger partial charge is 0.504 e. The molecule has 27 heavy (non-hydrogen) atoms. The lowest BCUT2D eigenvalue weighted by Gasteiger charge is -2.16. The van der Waals surface area contributed by atoms with Gasteiger partial charge in [0.15, 0.2) is 11.5 Å². The maximum Gasteiger partial charge on any atom is 0.294 e.